The fourth-order valence-corrected chi connectivity index (χ4v) is 2.07. The van der Waals surface area contributed by atoms with Gasteiger partial charge in [0.05, 0.1) is 7.11 Å². The lowest BCUT2D eigenvalue weighted by molar-refractivity contribution is 0.249. The van der Waals surface area contributed by atoms with E-state index in [9.17, 15) is 5.11 Å². The van der Waals surface area contributed by atoms with Crippen LogP contribution >= 0.6 is 0 Å². The molecule has 0 aliphatic carbocycles. The van der Waals surface area contributed by atoms with Crippen molar-refractivity contribution in [1.82, 2.24) is 10.2 Å². The molecule has 1 aromatic carbocycles. The number of nitrogens with one attached hydrogen (secondary N) is 1. The van der Waals surface area contributed by atoms with E-state index < -0.39 is 0 Å². The zero-order chi connectivity index (χ0) is 15.1. The van der Waals surface area contributed by atoms with Gasteiger partial charge >= 0.3 is 0 Å². The van der Waals surface area contributed by atoms with E-state index in [2.05, 4.69) is 38.0 Å². The Morgan fingerprint density at radius 3 is 2.65 bits per heavy atom. The third-order valence-corrected chi connectivity index (χ3v) is 3.96. The Labute approximate surface area is 122 Å². The van der Waals surface area contributed by atoms with Crippen molar-refractivity contribution in [3.05, 3.63) is 23.8 Å². The van der Waals surface area contributed by atoms with Crippen LogP contribution in [0.2, 0.25) is 0 Å². The fraction of sp³-hybridized carbons (Fsp3) is 0.625. The number of rotatable bonds is 8. The molecule has 0 bridgehead atoms. The molecule has 0 heterocycles. The van der Waals surface area contributed by atoms with Gasteiger partial charge in [-0.05, 0) is 45.0 Å². The molecule has 2 atom stereocenters. The summed E-state index contributed by atoms with van der Waals surface area (Å²) in [6, 6.07) is 6.33. The van der Waals surface area contributed by atoms with Crippen molar-refractivity contribution >= 4 is 0 Å². The molecule has 0 aliphatic rings. The number of likely N-dealkylation sites (N-methyl/N-ethyl adjacent to an activating group) is 1. The highest BCUT2D eigenvalue weighted by Crippen LogP contribution is 2.28. The topological polar surface area (TPSA) is 44.7 Å². The summed E-state index contributed by atoms with van der Waals surface area (Å²) in [5, 5.41) is 13.1. The first kappa shape index (κ1) is 16.8. The van der Waals surface area contributed by atoms with Gasteiger partial charge in [0.1, 0.15) is 0 Å². The van der Waals surface area contributed by atoms with Crippen LogP contribution in [0.15, 0.2) is 18.2 Å². The van der Waals surface area contributed by atoms with E-state index in [1.54, 1.807) is 13.2 Å². The number of hydrogen-bond donors (Lipinski definition) is 2. The Balaban J connectivity index is 2.49. The van der Waals surface area contributed by atoms with Crippen LogP contribution in [0.3, 0.4) is 0 Å². The van der Waals surface area contributed by atoms with E-state index in [4.69, 9.17) is 4.74 Å². The molecule has 0 saturated carbocycles. The average molecular weight is 280 g/mol. The summed E-state index contributed by atoms with van der Waals surface area (Å²) in [6.07, 6.45) is 1.17. The molecule has 0 spiro atoms. The first-order valence-corrected chi connectivity index (χ1v) is 7.30. The Morgan fingerprint density at radius 1 is 1.35 bits per heavy atom. The minimum absolute atomic E-state index is 0.181. The molecule has 0 fully saturated rings. The van der Waals surface area contributed by atoms with Gasteiger partial charge in [-0.1, -0.05) is 13.0 Å². The van der Waals surface area contributed by atoms with E-state index in [0.717, 1.165) is 18.7 Å². The van der Waals surface area contributed by atoms with E-state index in [-0.39, 0.29) is 11.8 Å². The molecule has 2 unspecified atom stereocenters. The molecule has 2 N–H and O–H groups in total. The predicted octanol–water partition coefficient (Wildman–Crippen LogP) is 2.78. The lowest BCUT2D eigenvalue weighted by atomic mass is 10.1. The Kier molecular flexibility index (Phi) is 6.82. The maximum absolute atomic E-state index is 9.60. The zero-order valence-electron chi connectivity index (χ0n) is 13.3. The lowest BCUT2D eigenvalue weighted by Gasteiger charge is -2.24. The highest BCUT2D eigenvalue weighted by molar-refractivity contribution is 5.42. The van der Waals surface area contributed by atoms with Crippen molar-refractivity contribution in [2.75, 3.05) is 27.2 Å². The summed E-state index contributed by atoms with van der Waals surface area (Å²) < 4.78 is 5.14. The smallest absolute Gasteiger partial charge is 0.160 e. The first-order chi connectivity index (χ1) is 9.49. The molecule has 4 nitrogen and oxygen atoms in total. The van der Waals surface area contributed by atoms with E-state index in [1.165, 1.54) is 6.42 Å². The van der Waals surface area contributed by atoms with Crippen molar-refractivity contribution in [3.63, 3.8) is 0 Å². The molecule has 0 aromatic heterocycles. The molecule has 0 saturated heterocycles. The molecule has 114 valence electrons. The van der Waals surface area contributed by atoms with Crippen LogP contribution in [0.1, 0.15) is 38.8 Å². The molecule has 0 aliphatic heterocycles. The maximum Gasteiger partial charge on any atom is 0.160 e. The lowest BCUT2D eigenvalue weighted by Crippen LogP contribution is -2.35. The SMILES string of the molecule is CCC(C)N(C)CCNC(C)c1ccc(O)c(OC)c1. The third-order valence-electron chi connectivity index (χ3n) is 3.96. The zero-order valence-corrected chi connectivity index (χ0v) is 13.3. The van der Waals surface area contributed by atoms with Crippen LogP contribution in [-0.4, -0.2) is 43.3 Å². The molecule has 0 radical (unpaired) electrons. The molecule has 0 amide bonds. The van der Waals surface area contributed by atoms with Gasteiger partial charge in [0.15, 0.2) is 11.5 Å². The Bertz CT molecular complexity index is 409. The van der Waals surface area contributed by atoms with Crippen LogP contribution < -0.4 is 10.1 Å². The van der Waals surface area contributed by atoms with Gasteiger partial charge in [0, 0.05) is 25.2 Å². The second-order valence-electron chi connectivity index (χ2n) is 5.34. The monoisotopic (exact) mass is 280 g/mol. The quantitative estimate of drug-likeness (QED) is 0.768. The maximum atomic E-state index is 9.60. The number of benzene rings is 1. The predicted molar refractivity (Wildman–Crippen MR) is 83.5 cm³/mol. The van der Waals surface area contributed by atoms with Crippen LogP contribution in [-0.2, 0) is 0 Å². The van der Waals surface area contributed by atoms with Crippen molar-refractivity contribution in [1.29, 1.82) is 0 Å². The summed E-state index contributed by atoms with van der Waals surface area (Å²) in [6.45, 7) is 8.53. The number of phenols is 1. The molecule has 1 rings (SSSR count). The van der Waals surface area contributed by atoms with Crippen molar-refractivity contribution in [2.24, 2.45) is 0 Å². The Hall–Kier alpha value is -1.26. The van der Waals surface area contributed by atoms with Crippen LogP contribution in [0.5, 0.6) is 11.5 Å². The summed E-state index contributed by atoms with van der Waals surface area (Å²) >= 11 is 0. The molecular formula is C16H28N2O2. The van der Waals surface area contributed by atoms with Gasteiger partial charge in [-0.15, -0.1) is 0 Å². The molecule has 1 aromatic rings. The summed E-state index contributed by atoms with van der Waals surface area (Å²) in [7, 11) is 3.72. The van der Waals surface area contributed by atoms with Crippen LogP contribution in [0.25, 0.3) is 0 Å². The second-order valence-corrected chi connectivity index (χ2v) is 5.34. The van der Waals surface area contributed by atoms with Gasteiger partial charge in [-0.2, -0.15) is 0 Å². The number of hydrogen-bond acceptors (Lipinski definition) is 4. The fourth-order valence-electron chi connectivity index (χ4n) is 2.07. The summed E-state index contributed by atoms with van der Waals surface area (Å²) in [5.74, 6) is 0.702. The highest BCUT2D eigenvalue weighted by atomic mass is 16.5. The second kappa shape index (κ2) is 8.12. The minimum Gasteiger partial charge on any atom is -0.504 e. The average Bonchev–Trinajstić information content (AvgIpc) is 2.46. The van der Waals surface area contributed by atoms with Gasteiger partial charge in [0.2, 0.25) is 0 Å². The molecular weight excluding hydrogens is 252 g/mol. The number of aromatic hydroxyl groups is 1. The highest BCUT2D eigenvalue weighted by Gasteiger charge is 2.10. The number of nitrogens with zero attached hydrogens (tertiary/aromatic N) is 1. The minimum atomic E-state index is 0.181. The van der Waals surface area contributed by atoms with Crippen molar-refractivity contribution in [3.8, 4) is 11.5 Å². The van der Waals surface area contributed by atoms with Crippen LogP contribution in [0.4, 0.5) is 0 Å². The van der Waals surface area contributed by atoms with Gasteiger partial charge < -0.3 is 20.1 Å². The van der Waals surface area contributed by atoms with Gasteiger partial charge in [-0.25, -0.2) is 0 Å². The van der Waals surface area contributed by atoms with Crippen LogP contribution in [0, 0.1) is 0 Å². The summed E-state index contributed by atoms with van der Waals surface area (Å²) in [4.78, 5) is 2.36. The molecule has 4 heteroatoms. The number of ether oxygens (including phenoxy) is 1. The number of phenolic OH excluding ortho intramolecular Hbond substituents is 1. The summed E-state index contributed by atoms with van der Waals surface area (Å²) in [5.41, 5.74) is 1.12. The van der Waals surface area contributed by atoms with E-state index >= 15 is 0 Å². The van der Waals surface area contributed by atoms with Gasteiger partial charge in [0.25, 0.3) is 0 Å². The van der Waals surface area contributed by atoms with Crippen molar-refractivity contribution in [2.45, 2.75) is 39.3 Å². The molecule has 20 heavy (non-hydrogen) atoms. The Morgan fingerprint density at radius 2 is 2.05 bits per heavy atom. The normalized spacial score (nSPS) is 14.3. The number of methoxy groups -OCH3 is 1. The standard InChI is InChI=1S/C16H28N2O2/c1-6-12(2)18(4)10-9-17-13(3)14-7-8-15(19)16(11-14)20-5/h7-8,11-13,17,19H,6,9-10H2,1-5H3. The van der Waals surface area contributed by atoms with Gasteiger partial charge in [-0.3, -0.25) is 0 Å². The third kappa shape index (κ3) is 4.69. The van der Waals surface area contributed by atoms with E-state index in [0.29, 0.717) is 11.8 Å². The van der Waals surface area contributed by atoms with Crippen molar-refractivity contribution < 1.29 is 9.84 Å². The first-order valence-electron chi connectivity index (χ1n) is 7.30. The largest absolute Gasteiger partial charge is 0.504 e. The van der Waals surface area contributed by atoms with E-state index in [1.807, 2.05) is 12.1 Å².